The molecule has 0 radical (unpaired) electrons. The molecule has 1 heterocycles. The fourth-order valence-electron chi connectivity index (χ4n) is 4.48. The highest BCUT2D eigenvalue weighted by Gasteiger charge is 2.25. The van der Waals surface area contributed by atoms with E-state index < -0.39 is 0 Å². The van der Waals surface area contributed by atoms with Crippen LogP contribution in [0.1, 0.15) is 34.6 Å². The molecular weight excluding hydrogens is 364 g/mol. The van der Waals surface area contributed by atoms with Crippen LogP contribution in [-0.4, -0.2) is 51.2 Å². The average molecular weight is 395 g/mol. The van der Waals surface area contributed by atoms with Crippen molar-refractivity contribution >= 4 is 5.91 Å². The van der Waals surface area contributed by atoms with Crippen LogP contribution in [0.4, 0.5) is 0 Å². The number of methoxy groups -OCH3 is 2. The molecule has 1 aliphatic carbocycles. The van der Waals surface area contributed by atoms with Crippen LogP contribution in [0.5, 0.6) is 11.5 Å². The molecule has 0 bridgehead atoms. The molecule has 1 amide bonds. The summed E-state index contributed by atoms with van der Waals surface area (Å²) < 4.78 is 10.8. The van der Waals surface area contributed by atoms with Crippen molar-refractivity contribution in [2.24, 2.45) is 0 Å². The maximum atomic E-state index is 12.7. The van der Waals surface area contributed by atoms with Crippen molar-refractivity contribution < 1.29 is 14.3 Å². The van der Waals surface area contributed by atoms with E-state index in [9.17, 15) is 4.79 Å². The molecule has 0 spiro atoms. The van der Waals surface area contributed by atoms with Gasteiger partial charge in [0.25, 0.3) is 0 Å². The number of ether oxygens (including phenoxy) is 2. The van der Waals surface area contributed by atoms with E-state index in [1.807, 2.05) is 4.90 Å². The highest BCUT2D eigenvalue weighted by atomic mass is 16.5. The highest BCUT2D eigenvalue weighted by Crippen LogP contribution is 2.34. The lowest BCUT2D eigenvalue weighted by atomic mass is 9.77. The molecule has 0 saturated carbocycles. The Labute approximate surface area is 173 Å². The fraction of sp³-hybridized carbons (Fsp3) is 0.458. The number of rotatable bonds is 7. The summed E-state index contributed by atoms with van der Waals surface area (Å²) in [4.78, 5) is 14.7. The third kappa shape index (κ3) is 4.25. The van der Waals surface area contributed by atoms with Gasteiger partial charge in [0.1, 0.15) is 0 Å². The van der Waals surface area contributed by atoms with Crippen molar-refractivity contribution in [1.29, 1.82) is 0 Å². The van der Waals surface area contributed by atoms with Gasteiger partial charge in [0.2, 0.25) is 5.91 Å². The molecule has 1 aliphatic heterocycles. The maximum absolute atomic E-state index is 12.7. The average Bonchev–Trinajstić information content (AvgIpc) is 2.94. The molecule has 0 saturated heterocycles. The molecule has 1 atom stereocenters. The van der Waals surface area contributed by atoms with E-state index in [0.717, 1.165) is 56.9 Å². The lowest BCUT2D eigenvalue weighted by Gasteiger charge is -2.30. The summed E-state index contributed by atoms with van der Waals surface area (Å²) in [6, 6.07) is 12.7. The van der Waals surface area contributed by atoms with Gasteiger partial charge in [0.15, 0.2) is 11.5 Å². The van der Waals surface area contributed by atoms with E-state index in [2.05, 4.69) is 41.7 Å². The van der Waals surface area contributed by atoms with Crippen LogP contribution in [0, 0.1) is 0 Å². The molecule has 5 heteroatoms. The number of nitrogens with one attached hydrogen (secondary N) is 1. The van der Waals surface area contributed by atoms with Crippen LogP contribution in [-0.2, 0) is 24.1 Å². The lowest BCUT2D eigenvalue weighted by Crippen LogP contribution is -2.36. The number of benzene rings is 2. The van der Waals surface area contributed by atoms with Gasteiger partial charge in [0, 0.05) is 38.5 Å². The summed E-state index contributed by atoms with van der Waals surface area (Å²) in [5, 5.41) is 3.48. The third-order valence-electron chi connectivity index (χ3n) is 6.23. The second-order valence-corrected chi connectivity index (χ2v) is 7.91. The van der Waals surface area contributed by atoms with Crippen LogP contribution >= 0.6 is 0 Å². The van der Waals surface area contributed by atoms with E-state index in [-0.39, 0.29) is 5.91 Å². The first-order chi connectivity index (χ1) is 14.2. The number of nitrogens with zero attached hydrogens (tertiary/aromatic N) is 1. The normalized spacial score (nSPS) is 17.6. The van der Waals surface area contributed by atoms with E-state index in [1.165, 1.54) is 22.3 Å². The minimum absolute atomic E-state index is 0.234. The first-order valence-electron chi connectivity index (χ1n) is 10.5. The number of hydrogen-bond donors (Lipinski definition) is 1. The van der Waals surface area contributed by atoms with Gasteiger partial charge in [-0.25, -0.2) is 0 Å². The smallest absolute Gasteiger partial charge is 0.223 e. The maximum Gasteiger partial charge on any atom is 0.223 e. The number of amides is 1. The number of carbonyl (C=O) groups is 1. The Kier molecular flexibility index (Phi) is 6.05. The van der Waals surface area contributed by atoms with Gasteiger partial charge in [-0.3, -0.25) is 4.79 Å². The quantitative estimate of drug-likeness (QED) is 0.734. The number of carbonyl (C=O) groups excluding carboxylic acids is 1. The van der Waals surface area contributed by atoms with E-state index >= 15 is 0 Å². The predicted octanol–water partition coefficient (Wildman–Crippen LogP) is 2.95. The zero-order valence-corrected chi connectivity index (χ0v) is 17.4. The highest BCUT2D eigenvalue weighted by molar-refractivity contribution is 5.76. The third-order valence-corrected chi connectivity index (χ3v) is 6.23. The molecule has 2 aromatic carbocycles. The van der Waals surface area contributed by atoms with Gasteiger partial charge >= 0.3 is 0 Å². The van der Waals surface area contributed by atoms with Crippen molar-refractivity contribution in [1.82, 2.24) is 10.2 Å². The summed E-state index contributed by atoms with van der Waals surface area (Å²) in [5.41, 5.74) is 5.43. The van der Waals surface area contributed by atoms with Crippen molar-refractivity contribution in [2.45, 2.75) is 31.6 Å². The second kappa shape index (κ2) is 8.87. The molecule has 1 N–H and O–H groups in total. The summed E-state index contributed by atoms with van der Waals surface area (Å²) in [6.07, 6.45) is 3.41. The van der Waals surface area contributed by atoms with Crippen LogP contribution in [0.25, 0.3) is 0 Å². The van der Waals surface area contributed by atoms with Gasteiger partial charge in [-0.2, -0.15) is 0 Å². The fourth-order valence-corrected chi connectivity index (χ4v) is 4.48. The lowest BCUT2D eigenvalue weighted by molar-refractivity contribution is -0.131. The Morgan fingerprint density at radius 1 is 1.03 bits per heavy atom. The molecular formula is C24H30N2O3. The molecule has 29 heavy (non-hydrogen) atoms. The predicted molar refractivity (Wildman–Crippen MR) is 114 cm³/mol. The topological polar surface area (TPSA) is 50.8 Å². The minimum atomic E-state index is 0.234. The molecule has 2 aliphatic rings. The Bertz CT molecular complexity index is 845. The minimum Gasteiger partial charge on any atom is -0.493 e. The van der Waals surface area contributed by atoms with Gasteiger partial charge in [-0.05, 0) is 53.6 Å². The summed E-state index contributed by atoms with van der Waals surface area (Å²) in [6.45, 7) is 3.21. The number of fused-ring (bicyclic) bond motifs is 2. The summed E-state index contributed by atoms with van der Waals surface area (Å²) in [7, 11) is 3.32. The van der Waals surface area contributed by atoms with E-state index in [4.69, 9.17) is 9.47 Å². The zero-order valence-electron chi connectivity index (χ0n) is 17.4. The largest absolute Gasteiger partial charge is 0.493 e. The SMILES string of the molecule is COc1cc2c(cc1OC)CCN(C(=O)CCNCC1Cc3ccccc31)CC2. The second-order valence-electron chi connectivity index (χ2n) is 7.91. The van der Waals surface area contributed by atoms with Gasteiger partial charge in [-0.15, -0.1) is 0 Å². The van der Waals surface area contributed by atoms with Gasteiger partial charge < -0.3 is 19.7 Å². The van der Waals surface area contributed by atoms with Gasteiger partial charge in [0.05, 0.1) is 14.2 Å². The van der Waals surface area contributed by atoms with Crippen LogP contribution in [0.2, 0.25) is 0 Å². The van der Waals surface area contributed by atoms with Crippen molar-refractivity contribution in [3.63, 3.8) is 0 Å². The first-order valence-corrected chi connectivity index (χ1v) is 10.5. The Morgan fingerprint density at radius 3 is 2.31 bits per heavy atom. The standard InChI is InChI=1S/C24H30N2O3/c1-28-22-14-17-8-11-26(12-9-18(17)15-23(22)29-2)24(27)7-10-25-16-20-13-19-5-3-4-6-21(19)20/h3-6,14-15,20,25H,7-13,16H2,1-2H3. The van der Waals surface area contributed by atoms with E-state index in [0.29, 0.717) is 12.3 Å². The zero-order chi connectivity index (χ0) is 20.2. The Morgan fingerprint density at radius 2 is 1.69 bits per heavy atom. The molecule has 2 aromatic rings. The van der Waals surface area contributed by atoms with Crippen molar-refractivity contribution in [3.05, 3.63) is 58.7 Å². The molecule has 154 valence electrons. The molecule has 0 fully saturated rings. The summed E-state index contributed by atoms with van der Waals surface area (Å²) >= 11 is 0. The van der Waals surface area contributed by atoms with Crippen molar-refractivity contribution in [3.8, 4) is 11.5 Å². The van der Waals surface area contributed by atoms with Crippen LogP contribution < -0.4 is 14.8 Å². The van der Waals surface area contributed by atoms with E-state index in [1.54, 1.807) is 14.2 Å². The van der Waals surface area contributed by atoms with Gasteiger partial charge in [-0.1, -0.05) is 24.3 Å². The van der Waals surface area contributed by atoms with Crippen LogP contribution in [0.15, 0.2) is 36.4 Å². The molecule has 0 aromatic heterocycles. The van der Waals surface area contributed by atoms with Crippen LogP contribution in [0.3, 0.4) is 0 Å². The van der Waals surface area contributed by atoms with Crippen molar-refractivity contribution in [2.75, 3.05) is 40.4 Å². The Hall–Kier alpha value is -2.53. The Balaban J connectivity index is 1.25. The molecule has 4 rings (SSSR count). The molecule has 5 nitrogen and oxygen atoms in total. The summed E-state index contributed by atoms with van der Waals surface area (Å²) in [5.74, 6) is 2.35. The monoisotopic (exact) mass is 394 g/mol. The molecule has 1 unspecified atom stereocenters. The number of hydrogen-bond acceptors (Lipinski definition) is 4. The first kappa shape index (κ1) is 19.8.